The van der Waals surface area contributed by atoms with Gasteiger partial charge in [0, 0.05) is 40.5 Å². The van der Waals surface area contributed by atoms with Gasteiger partial charge < -0.3 is 19.7 Å². The number of rotatable bonds is 9. The lowest BCUT2D eigenvalue weighted by atomic mass is 10.2. The Balaban J connectivity index is 3.94. The zero-order valence-corrected chi connectivity index (χ0v) is 12.3. The van der Waals surface area contributed by atoms with Crippen LogP contribution in [0, 0.1) is 5.92 Å². The second-order valence-corrected chi connectivity index (χ2v) is 4.80. The maximum atomic E-state index is 5.38. The van der Waals surface area contributed by atoms with Crippen LogP contribution in [0.4, 0.5) is 0 Å². The Bertz CT molecular complexity index is 201. The molecule has 0 aromatic heterocycles. The lowest BCUT2D eigenvalue weighted by Gasteiger charge is -2.27. The van der Waals surface area contributed by atoms with Gasteiger partial charge in [0.15, 0.2) is 5.11 Å². The highest BCUT2D eigenvalue weighted by molar-refractivity contribution is 7.80. The predicted octanol–water partition coefficient (Wildman–Crippen LogP) is 1.50. The molecule has 0 saturated carbocycles. The lowest BCUT2D eigenvalue weighted by molar-refractivity contribution is 0.171. The summed E-state index contributed by atoms with van der Waals surface area (Å²) in [5.41, 5.74) is 0. The Labute approximate surface area is 111 Å². The first-order valence-corrected chi connectivity index (χ1v) is 6.53. The quantitative estimate of drug-likeness (QED) is 0.503. The molecule has 0 aliphatic carbocycles. The zero-order chi connectivity index (χ0) is 13.1. The van der Waals surface area contributed by atoms with E-state index in [9.17, 15) is 0 Å². The van der Waals surface area contributed by atoms with Crippen molar-refractivity contribution in [2.45, 2.75) is 20.3 Å². The third-order valence-electron chi connectivity index (χ3n) is 2.24. The first-order valence-electron chi connectivity index (χ1n) is 6.12. The first kappa shape index (κ1) is 16.6. The van der Waals surface area contributed by atoms with E-state index >= 15 is 0 Å². The van der Waals surface area contributed by atoms with Gasteiger partial charge in [-0.25, -0.2) is 0 Å². The van der Waals surface area contributed by atoms with Crippen LogP contribution in [0.25, 0.3) is 0 Å². The van der Waals surface area contributed by atoms with Crippen LogP contribution in [0.2, 0.25) is 0 Å². The van der Waals surface area contributed by atoms with E-state index < -0.39 is 0 Å². The van der Waals surface area contributed by atoms with Crippen LogP contribution in [-0.2, 0) is 9.47 Å². The summed E-state index contributed by atoms with van der Waals surface area (Å²) >= 11 is 5.38. The van der Waals surface area contributed by atoms with Crippen LogP contribution in [0.15, 0.2) is 0 Å². The molecule has 0 rings (SSSR count). The van der Waals surface area contributed by atoms with Crippen molar-refractivity contribution in [3.05, 3.63) is 0 Å². The van der Waals surface area contributed by atoms with Crippen molar-refractivity contribution >= 4 is 17.3 Å². The van der Waals surface area contributed by atoms with Crippen molar-refractivity contribution in [1.29, 1.82) is 0 Å². The van der Waals surface area contributed by atoms with Gasteiger partial charge >= 0.3 is 0 Å². The molecule has 0 spiro atoms. The number of methoxy groups -OCH3 is 2. The molecule has 0 heterocycles. The third-order valence-corrected chi connectivity index (χ3v) is 2.64. The largest absolute Gasteiger partial charge is 0.385 e. The van der Waals surface area contributed by atoms with Crippen LogP contribution in [0.3, 0.4) is 0 Å². The predicted molar refractivity (Wildman–Crippen MR) is 75.4 cm³/mol. The molecule has 4 nitrogen and oxygen atoms in total. The summed E-state index contributed by atoms with van der Waals surface area (Å²) in [5, 5.41) is 4.07. The maximum Gasteiger partial charge on any atom is 0.169 e. The van der Waals surface area contributed by atoms with Crippen LogP contribution in [0.5, 0.6) is 0 Å². The number of ether oxygens (including phenoxy) is 2. The normalized spacial score (nSPS) is 10.6. The molecule has 0 atom stereocenters. The third kappa shape index (κ3) is 9.32. The summed E-state index contributed by atoms with van der Waals surface area (Å²) in [4.78, 5) is 2.16. The Hall–Kier alpha value is -0.390. The molecule has 1 N–H and O–H groups in total. The molecule has 0 bridgehead atoms. The van der Waals surface area contributed by atoms with Gasteiger partial charge in [-0.05, 0) is 24.6 Å². The zero-order valence-electron chi connectivity index (χ0n) is 11.5. The molecule has 0 aliphatic heterocycles. The van der Waals surface area contributed by atoms with Gasteiger partial charge in [-0.3, -0.25) is 0 Å². The fourth-order valence-corrected chi connectivity index (χ4v) is 1.71. The molecule has 0 aromatic carbocycles. The topological polar surface area (TPSA) is 33.7 Å². The Morgan fingerprint density at radius 3 is 2.41 bits per heavy atom. The molecular weight excluding hydrogens is 236 g/mol. The number of nitrogens with zero attached hydrogens (tertiary/aromatic N) is 1. The van der Waals surface area contributed by atoms with E-state index in [0.29, 0.717) is 12.5 Å². The summed E-state index contributed by atoms with van der Waals surface area (Å²) in [5.74, 6) is 0.589. The molecule has 102 valence electrons. The molecule has 0 unspecified atom stereocenters. The Morgan fingerprint density at radius 1 is 1.24 bits per heavy atom. The van der Waals surface area contributed by atoms with Gasteiger partial charge in [0.2, 0.25) is 0 Å². The van der Waals surface area contributed by atoms with Crippen molar-refractivity contribution in [2.75, 3.05) is 47.1 Å². The fraction of sp³-hybridized carbons (Fsp3) is 0.917. The van der Waals surface area contributed by atoms with Crippen molar-refractivity contribution in [3.8, 4) is 0 Å². The molecule has 0 radical (unpaired) electrons. The van der Waals surface area contributed by atoms with Crippen LogP contribution < -0.4 is 5.32 Å². The number of thiocarbonyl (C=S) groups is 1. The van der Waals surface area contributed by atoms with Crippen molar-refractivity contribution < 1.29 is 9.47 Å². The summed E-state index contributed by atoms with van der Waals surface area (Å²) < 4.78 is 10.1. The standard InChI is InChI=1S/C12H26N2O2S/c1-11(2)10-14(7-9-16-4)12(17)13-6-5-8-15-3/h11H,5-10H2,1-4H3,(H,13,17). The average Bonchev–Trinajstić information content (AvgIpc) is 2.29. The minimum Gasteiger partial charge on any atom is -0.385 e. The maximum absolute atomic E-state index is 5.38. The highest BCUT2D eigenvalue weighted by atomic mass is 32.1. The highest BCUT2D eigenvalue weighted by Crippen LogP contribution is 1.99. The molecule has 0 fully saturated rings. The molecule has 0 aromatic rings. The Kier molecular flexibility index (Phi) is 10.5. The fourth-order valence-electron chi connectivity index (χ4n) is 1.44. The molecular formula is C12H26N2O2S. The van der Waals surface area contributed by atoms with E-state index in [1.54, 1.807) is 14.2 Å². The Morgan fingerprint density at radius 2 is 1.88 bits per heavy atom. The second kappa shape index (κ2) is 10.7. The van der Waals surface area contributed by atoms with Crippen LogP contribution in [-0.4, -0.2) is 57.1 Å². The minimum absolute atomic E-state index is 0.589. The van der Waals surface area contributed by atoms with E-state index in [4.69, 9.17) is 21.7 Å². The van der Waals surface area contributed by atoms with Crippen molar-refractivity contribution in [3.63, 3.8) is 0 Å². The van der Waals surface area contributed by atoms with Gasteiger partial charge in [-0.2, -0.15) is 0 Å². The molecule has 0 amide bonds. The molecule has 0 saturated heterocycles. The van der Waals surface area contributed by atoms with Gasteiger partial charge in [0.1, 0.15) is 0 Å². The van der Waals surface area contributed by atoms with E-state index in [1.807, 2.05) is 0 Å². The molecule has 0 aliphatic rings. The van der Waals surface area contributed by atoms with E-state index in [-0.39, 0.29) is 0 Å². The summed E-state index contributed by atoms with van der Waals surface area (Å²) in [6.07, 6.45) is 0.969. The van der Waals surface area contributed by atoms with Crippen molar-refractivity contribution in [2.24, 2.45) is 5.92 Å². The van der Waals surface area contributed by atoms with E-state index in [0.717, 1.165) is 37.8 Å². The molecule has 5 heteroatoms. The van der Waals surface area contributed by atoms with E-state index in [1.165, 1.54) is 0 Å². The number of hydrogen-bond donors (Lipinski definition) is 1. The number of nitrogens with one attached hydrogen (secondary N) is 1. The van der Waals surface area contributed by atoms with Crippen LogP contribution in [0.1, 0.15) is 20.3 Å². The average molecular weight is 262 g/mol. The lowest BCUT2D eigenvalue weighted by Crippen LogP contribution is -2.43. The van der Waals surface area contributed by atoms with Gasteiger partial charge in [0.05, 0.1) is 6.61 Å². The summed E-state index contributed by atoms with van der Waals surface area (Å²) in [6, 6.07) is 0. The first-order chi connectivity index (χ1) is 8.11. The van der Waals surface area contributed by atoms with Gasteiger partial charge in [0.25, 0.3) is 0 Å². The van der Waals surface area contributed by atoms with Crippen LogP contribution >= 0.6 is 12.2 Å². The smallest absolute Gasteiger partial charge is 0.169 e. The SMILES string of the molecule is COCCCNC(=S)N(CCOC)CC(C)C. The monoisotopic (exact) mass is 262 g/mol. The van der Waals surface area contributed by atoms with Crippen molar-refractivity contribution in [1.82, 2.24) is 10.2 Å². The minimum atomic E-state index is 0.589. The number of hydrogen-bond acceptors (Lipinski definition) is 3. The summed E-state index contributed by atoms with van der Waals surface area (Å²) in [6.45, 7) is 8.49. The molecule has 17 heavy (non-hydrogen) atoms. The van der Waals surface area contributed by atoms with Gasteiger partial charge in [-0.15, -0.1) is 0 Å². The second-order valence-electron chi connectivity index (χ2n) is 4.41. The van der Waals surface area contributed by atoms with E-state index in [2.05, 4.69) is 24.1 Å². The van der Waals surface area contributed by atoms with Gasteiger partial charge in [-0.1, -0.05) is 13.8 Å². The highest BCUT2D eigenvalue weighted by Gasteiger charge is 2.10. The summed E-state index contributed by atoms with van der Waals surface area (Å²) in [7, 11) is 3.42.